The molecule has 0 amide bonds. The zero-order valence-electron chi connectivity index (χ0n) is 15.8. The molecule has 0 saturated carbocycles. The van der Waals surface area contributed by atoms with E-state index >= 15 is 0 Å². The normalized spacial score (nSPS) is 14.8. The van der Waals surface area contributed by atoms with Crippen LogP contribution in [0.5, 0.6) is 0 Å². The van der Waals surface area contributed by atoms with E-state index in [0.717, 1.165) is 12.1 Å². The first kappa shape index (κ1) is 21.6. The Morgan fingerprint density at radius 3 is 2.44 bits per heavy atom. The molecule has 25 heavy (non-hydrogen) atoms. The van der Waals surface area contributed by atoms with E-state index in [1.165, 1.54) is 7.11 Å². The molecule has 0 aromatic carbocycles. The van der Waals surface area contributed by atoms with Gasteiger partial charge in [-0.1, -0.05) is 13.0 Å². The molecule has 0 bridgehead atoms. The zero-order chi connectivity index (χ0) is 19.3. The maximum Gasteiger partial charge on any atom is 0.311 e. The van der Waals surface area contributed by atoms with Crippen LogP contribution in [0.4, 0.5) is 0 Å². The molecule has 0 aliphatic heterocycles. The minimum Gasteiger partial charge on any atom is -0.469 e. The minimum atomic E-state index is -3.97. The van der Waals surface area contributed by atoms with Gasteiger partial charge in [0.05, 0.1) is 23.7 Å². The monoisotopic (exact) mass is 372 g/mol. The van der Waals surface area contributed by atoms with Crippen LogP contribution in [0.1, 0.15) is 52.7 Å². The highest BCUT2D eigenvalue weighted by Crippen LogP contribution is 2.38. The molecular weight excluding hydrogens is 342 g/mol. The van der Waals surface area contributed by atoms with Crippen molar-refractivity contribution in [3.63, 3.8) is 0 Å². The van der Waals surface area contributed by atoms with Crippen LogP contribution in [0.2, 0.25) is 0 Å². The van der Waals surface area contributed by atoms with Gasteiger partial charge in [-0.2, -0.15) is 8.42 Å². The topological polar surface area (TPSA) is 84.5 Å². The Hall–Kier alpha value is -1.47. The van der Waals surface area contributed by atoms with Crippen LogP contribution in [0.25, 0.3) is 0 Å². The van der Waals surface area contributed by atoms with Crippen molar-refractivity contribution in [3.05, 3.63) is 30.1 Å². The fraction of sp³-hybridized carbons (Fsp3) is 0.667. The van der Waals surface area contributed by atoms with E-state index in [-0.39, 0.29) is 17.1 Å². The number of rotatable bonds is 9. The number of carbonyl (C=O) groups excluding carboxylic acids is 1. The first-order valence-corrected chi connectivity index (χ1v) is 10.1. The van der Waals surface area contributed by atoms with Crippen LogP contribution in [0.3, 0.4) is 0 Å². The summed E-state index contributed by atoms with van der Waals surface area (Å²) in [6.45, 7) is 8.40. The second kappa shape index (κ2) is 8.27. The molecular formula is C18H30NO5S+. The van der Waals surface area contributed by atoms with Crippen LogP contribution >= 0.6 is 0 Å². The van der Waals surface area contributed by atoms with Crippen molar-refractivity contribution in [3.8, 4) is 0 Å². The van der Waals surface area contributed by atoms with Gasteiger partial charge < -0.3 is 4.74 Å². The molecule has 0 fully saturated rings. The maximum absolute atomic E-state index is 12.1. The molecule has 0 aliphatic rings. The van der Waals surface area contributed by atoms with Crippen LogP contribution in [0.15, 0.2) is 24.4 Å². The molecule has 1 atom stereocenters. The SMILES string of the molecule is CCC(C)(CC(C)(C)C(=O)OC)c1cccc[n+]1CCCS(=O)(=O)O. The summed E-state index contributed by atoms with van der Waals surface area (Å²) in [5, 5.41) is 0. The second-order valence-corrected chi connectivity index (χ2v) is 8.96. The largest absolute Gasteiger partial charge is 0.469 e. The Morgan fingerprint density at radius 1 is 1.28 bits per heavy atom. The van der Waals surface area contributed by atoms with E-state index in [9.17, 15) is 13.2 Å². The Balaban J connectivity index is 3.11. The number of hydrogen-bond acceptors (Lipinski definition) is 4. The van der Waals surface area contributed by atoms with E-state index < -0.39 is 15.5 Å². The van der Waals surface area contributed by atoms with Gasteiger partial charge in [0.25, 0.3) is 10.1 Å². The molecule has 1 N–H and O–H groups in total. The highest BCUT2D eigenvalue weighted by molar-refractivity contribution is 7.85. The summed E-state index contributed by atoms with van der Waals surface area (Å²) in [6.07, 6.45) is 3.64. The van der Waals surface area contributed by atoms with Gasteiger partial charge in [-0.25, -0.2) is 4.57 Å². The van der Waals surface area contributed by atoms with Crippen LogP contribution in [-0.4, -0.2) is 31.8 Å². The van der Waals surface area contributed by atoms with Gasteiger partial charge in [0, 0.05) is 18.6 Å². The molecule has 1 aromatic rings. The molecule has 1 heterocycles. The van der Waals surface area contributed by atoms with Gasteiger partial charge in [-0.05, 0) is 33.6 Å². The second-order valence-electron chi connectivity index (χ2n) is 7.39. The summed E-state index contributed by atoms with van der Waals surface area (Å²) in [5.41, 5.74) is 0.114. The van der Waals surface area contributed by atoms with Crippen molar-refractivity contribution in [1.29, 1.82) is 0 Å². The van der Waals surface area contributed by atoms with Crippen molar-refractivity contribution >= 4 is 16.1 Å². The summed E-state index contributed by atoms with van der Waals surface area (Å²) in [7, 11) is -2.57. The fourth-order valence-corrected chi connectivity index (χ4v) is 3.85. The number of hydrogen-bond donors (Lipinski definition) is 1. The molecule has 7 heteroatoms. The average molecular weight is 373 g/mol. The molecule has 1 unspecified atom stereocenters. The predicted molar refractivity (Wildman–Crippen MR) is 95.7 cm³/mol. The van der Waals surface area contributed by atoms with Crippen LogP contribution < -0.4 is 4.57 Å². The lowest BCUT2D eigenvalue weighted by molar-refractivity contribution is -0.707. The third kappa shape index (κ3) is 6.08. The molecule has 1 rings (SSSR count). The molecule has 142 valence electrons. The quantitative estimate of drug-likeness (QED) is 0.409. The van der Waals surface area contributed by atoms with E-state index in [1.54, 1.807) is 0 Å². The number of carbonyl (C=O) groups is 1. The fourth-order valence-electron chi connectivity index (χ4n) is 3.36. The Bertz CT molecular complexity index is 699. The van der Waals surface area contributed by atoms with Gasteiger partial charge in [0.1, 0.15) is 6.54 Å². The average Bonchev–Trinajstić information content (AvgIpc) is 2.52. The van der Waals surface area contributed by atoms with E-state index in [1.807, 2.05) is 42.8 Å². The number of ether oxygens (including phenoxy) is 1. The Kier molecular flexibility index (Phi) is 7.14. The number of aryl methyl sites for hydroxylation is 1. The molecule has 0 spiro atoms. The number of pyridine rings is 1. The number of nitrogens with zero attached hydrogens (tertiary/aromatic N) is 1. The Labute approximate surface area is 151 Å². The molecule has 6 nitrogen and oxygen atoms in total. The highest BCUT2D eigenvalue weighted by Gasteiger charge is 2.42. The summed E-state index contributed by atoms with van der Waals surface area (Å²) in [6, 6.07) is 5.83. The number of esters is 1. The van der Waals surface area contributed by atoms with Crippen molar-refractivity contribution in [2.75, 3.05) is 12.9 Å². The van der Waals surface area contributed by atoms with Gasteiger partial charge in [0.2, 0.25) is 0 Å². The highest BCUT2D eigenvalue weighted by atomic mass is 32.2. The minimum absolute atomic E-state index is 0.249. The first-order chi connectivity index (χ1) is 11.4. The van der Waals surface area contributed by atoms with E-state index in [0.29, 0.717) is 19.4 Å². The summed E-state index contributed by atoms with van der Waals surface area (Å²) >= 11 is 0. The van der Waals surface area contributed by atoms with E-state index in [4.69, 9.17) is 9.29 Å². The lowest BCUT2D eigenvalue weighted by atomic mass is 9.70. The molecule has 0 saturated heterocycles. The Morgan fingerprint density at radius 2 is 1.92 bits per heavy atom. The third-order valence-corrected chi connectivity index (χ3v) is 5.52. The third-order valence-electron chi connectivity index (χ3n) is 4.71. The maximum atomic E-state index is 12.1. The predicted octanol–water partition coefficient (Wildman–Crippen LogP) is 2.51. The lowest BCUT2D eigenvalue weighted by Gasteiger charge is -2.33. The van der Waals surface area contributed by atoms with Gasteiger partial charge in [0.15, 0.2) is 11.9 Å². The standard InChI is InChI=1S/C18H29NO5S/c1-6-18(4,14-17(2,3)16(20)24-5)15-10-7-8-11-19(15)12-9-13-25(21,22)23/h7-8,10-11H,6,9,12-14H2,1-5H3/p+1. The van der Waals surface area contributed by atoms with Crippen LogP contribution in [-0.2, 0) is 31.6 Å². The first-order valence-electron chi connectivity index (χ1n) is 8.48. The summed E-state index contributed by atoms with van der Waals surface area (Å²) in [4.78, 5) is 12.1. The number of aromatic nitrogens is 1. The zero-order valence-corrected chi connectivity index (χ0v) is 16.6. The van der Waals surface area contributed by atoms with E-state index in [2.05, 4.69) is 13.8 Å². The summed E-state index contributed by atoms with van der Waals surface area (Å²) in [5.74, 6) is -0.522. The summed E-state index contributed by atoms with van der Waals surface area (Å²) < 4.78 is 37.8. The molecule has 0 aliphatic carbocycles. The van der Waals surface area contributed by atoms with Crippen molar-refractivity contribution in [2.24, 2.45) is 5.41 Å². The number of methoxy groups -OCH3 is 1. The van der Waals surface area contributed by atoms with Crippen LogP contribution in [0, 0.1) is 5.41 Å². The van der Waals surface area contributed by atoms with Crippen molar-refractivity contribution < 1.29 is 27.1 Å². The van der Waals surface area contributed by atoms with Crippen molar-refractivity contribution in [1.82, 2.24) is 0 Å². The molecule has 1 aromatic heterocycles. The smallest absolute Gasteiger partial charge is 0.311 e. The van der Waals surface area contributed by atoms with Gasteiger partial charge in [-0.15, -0.1) is 0 Å². The van der Waals surface area contributed by atoms with Gasteiger partial charge in [-0.3, -0.25) is 9.35 Å². The molecule has 0 radical (unpaired) electrons. The van der Waals surface area contributed by atoms with Crippen molar-refractivity contribution in [2.45, 2.75) is 58.9 Å². The van der Waals surface area contributed by atoms with Gasteiger partial charge >= 0.3 is 5.97 Å². The lowest BCUT2D eigenvalue weighted by Crippen LogP contribution is -2.47.